The van der Waals surface area contributed by atoms with Gasteiger partial charge in [-0.3, -0.25) is 4.79 Å². The van der Waals surface area contributed by atoms with Crippen molar-refractivity contribution < 1.29 is 14.3 Å². The first kappa shape index (κ1) is 16.3. The van der Waals surface area contributed by atoms with Gasteiger partial charge in [-0.1, -0.05) is 71.9 Å². The fraction of sp³-hybridized carbons (Fsp3) is 0.158. The van der Waals surface area contributed by atoms with Crippen LogP contribution < -0.4 is 0 Å². The fourth-order valence-electron chi connectivity index (χ4n) is 2.24. The van der Waals surface area contributed by atoms with Crippen molar-refractivity contribution in [3.05, 3.63) is 60.2 Å². The van der Waals surface area contributed by atoms with E-state index in [9.17, 15) is 4.79 Å². The monoisotopic (exact) mass is 339 g/mol. The number of carboxylic acid groups (broad SMARTS) is 1. The molecular weight excluding hydrogens is 322 g/mol. The van der Waals surface area contributed by atoms with Gasteiger partial charge in [-0.2, -0.15) is 0 Å². The Morgan fingerprint density at radius 1 is 1.08 bits per heavy atom. The highest BCUT2D eigenvalue weighted by atomic mass is 32.2. The lowest BCUT2D eigenvalue weighted by molar-refractivity contribution is -0.136. The van der Waals surface area contributed by atoms with Gasteiger partial charge in [-0.15, -0.1) is 0 Å². The van der Waals surface area contributed by atoms with E-state index in [1.165, 1.54) is 0 Å². The first-order valence-corrected chi connectivity index (χ1v) is 8.45. The van der Waals surface area contributed by atoms with Crippen molar-refractivity contribution in [1.29, 1.82) is 0 Å². The highest BCUT2D eigenvalue weighted by molar-refractivity contribution is 8.00. The number of hydrogen-bond acceptors (Lipinski definition) is 4. The zero-order chi connectivity index (χ0) is 17.1. The van der Waals surface area contributed by atoms with Crippen LogP contribution in [0.5, 0.6) is 0 Å². The van der Waals surface area contributed by atoms with Gasteiger partial charge in [0.05, 0.1) is 0 Å². The van der Waals surface area contributed by atoms with E-state index in [4.69, 9.17) is 9.52 Å². The molecule has 5 heteroatoms. The summed E-state index contributed by atoms with van der Waals surface area (Å²) in [4.78, 5) is 15.6. The molecule has 0 fully saturated rings. The van der Waals surface area contributed by atoms with E-state index in [0.717, 1.165) is 34.1 Å². The van der Waals surface area contributed by atoms with Crippen LogP contribution in [0.1, 0.15) is 12.5 Å². The molecule has 0 aliphatic rings. The molecular formula is C19H17NO3S. The molecule has 0 amide bonds. The standard InChI is InChI=1S/C19H17NO3S/c1-12-8-10-15(11-9-12)17-16(14-6-4-3-5-7-14)20-19(23-17)24-13(2)18(21)22/h3-11,13H,1-2H3,(H,21,22). The minimum absolute atomic E-state index is 0.360. The Morgan fingerprint density at radius 3 is 2.38 bits per heavy atom. The van der Waals surface area contributed by atoms with Crippen LogP contribution in [0.4, 0.5) is 0 Å². The quantitative estimate of drug-likeness (QED) is 0.671. The van der Waals surface area contributed by atoms with E-state index in [0.29, 0.717) is 11.0 Å². The third-order valence-electron chi connectivity index (χ3n) is 3.59. The highest BCUT2D eigenvalue weighted by Crippen LogP contribution is 2.36. The van der Waals surface area contributed by atoms with Crippen LogP contribution >= 0.6 is 11.8 Å². The van der Waals surface area contributed by atoms with Gasteiger partial charge in [0, 0.05) is 11.1 Å². The summed E-state index contributed by atoms with van der Waals surface area (Å²) in [5.74, 6) is -0.238. The average Bonchev–Trinajstić information content (AvgIpc) is 3.00. The first-order valence-electron chi connectivity index (χ1n) is 7.57. The topological polar surface area (TPSA) is 63.3 Å². The molecule has 1 aromatic heterocycles. The zero-order valence-electron chi connectivity index (χ0n) is 13.4. The largest absolute Gasteiger partial charge is 0.480 e. The molecule has 0 bridgehead atoms. The normalized spacial score (nSPS) is 12.1. The SMILES string of the molecule is Cc1ccc(-c2oc(SC(C)C(=O)O)nc2-c2ccccc2)cc1. The van der Waals surface area contributed by atoms with Crippen LogP contribution in [-0.4, -0.2) is 21.3 Å². The highest BCUT2D eigenvalue weighted by Gasteiger charge is 2.21. The Kier molecular flexibility index (Phi) is 4.71. The Hall–Kier alpha value is -2.53. The number of nitrogens with zero attached hydrogens (tertiary/aromatic N) is 1. The zero-order valence-corrected chi connectivity index (χ0v) is 14.2. The minimum atomic E-state index is -0.892. The summed E-state index contributed by atoms with van der Waals surface area (Å²) in [5.41, 5.74) is 3.74. The maximum Gasteiger partial charge on any atom is 0.316 e. The van der Waals surface area contributed by atoms with E-state index >= 15 is 0 Å². The van der Waals surface area contributed by atoms with Crippen LogP contribution in [0, 0.1) is 6.92 Å². The van der Waals surface area contributed by atoms with Crippen LogP contribution in [0.25, 0.3) is 22.6 Å². The van der Waals surface area contributed by atoms with Gasteiger partial charge < -0.3 is 9.52 Å². The van der Waals surface area contributed by atoms with Crippen molar-refractivity contribution in [2.75, 3.05) is 0 Å². The second kappa shape index (κ2) is 6.93. The van der Waals surface area contributed by atoms with Crippen molar-refractivity contribution in [3.63, 3.8) is 0 Å². The first-order chi connectivity index (χ1) is 11.5. The third kappa shape index (κ3) is 3.51. The summed E-state index contributed by atoms with van der Waals surface area (Å²) < 4.78 is 5.90. The van der Waals surface area contributed by atoms with Crippen LogP contribution in [0.2, 0.25) is 0 Å². The number of thioether (sulfide) groups is 1. The van der Waals surface area contributed by atoms with Gasteiger partial charge in [0.15, 0.2) is 5.76 Å². The lowest BCUT2D eigenvalue weighted by Gasteiger charge is -2.02. The van der Waals surface area contributed by atoms with Crippen molar-refractivity contribution in [3.8, 4) is 22.6 Å². The number of aromatic nitrogens is 1. The molecule has 0 aliphatic carbocycles. The number of oxazole rings is 1. The maximum atomic E-state index is 11.1. The van der Waals surface area contributed by atoms with E-state index in [2.05, 4.69) is 4.98 Å². The second-order valence-electron chi connectivity index (χ2n) is 5.49. The molecule has 0 spiro atoms. The molecule has 122 valence electrons. The van der Waals surface area contributed by atoms with Gasteiger partial charge in [-0.25, -0.2) is 4.98 Å². The van der Waals surface area contributed by atoms with E-state index < -0.39 is 11.2 Å². The summed E-state index contributed by atoms with van der Waals surface area (Å²) in [6.07, 6.45) is 0. The molecule has 2 aromatic carbocycles. The minimum Gasteiger partial charge on any atom is -0.480 e. The molecule has 1 N–H and O–H groups in total. The number of carbonyl (C=O) groups is 1. The second-order valence-corrected chi connectivity index (χ2v) is 6.78. The van der Waals surface area contributed by atoms with Crippen LogP contribution in [0.3, 0.4) is 0 Å². The smallest absolute Gasteiger partial charge is 0.316 e. The number of aryl methyl sites for hydroxylation is 1. The number of benzene rings is 2. The Bertz CT molecular complexity index is 841. The Balaban J connectivity index is 2.06. The van der Waals surface area contributed by atoms with Crippen molar-refractivity contribution in [2.24, 2.45) is 0 Å². The number of aliphatic carboxylic acids is 1. The predicted octanol–water partition coefficient (Wildman–Crippen LogP) is 4.88. The van der Waals surface area contributed by atoms with Gasteiger partial charge in [0.2, 0.25) is 0 Å². The summed E-state index contributed by atoms with van der Waals surface area (Å²) >= 11 is 1.10. The van der Waals surface area contributed by atoms with E-state index in [-0.39, 0.29) is 0 Å². The lowest BCUT2D eigenvalue weighted by Crippen LogP contribution is -2.10. The molecule has 1 unspecified atom stereocenters. The third-order valence-corrected chi connectivity index (χ3v) is 4.53. The lowest BCUT2D eigenvalue weighted by atomic mass is 10.0. The van der Waals surface area contributed by atoms with Gasteiger partial charge in [0.25, 0.3) is 5.22 Å². The molecule has 24 heavy (non-hydrogen) atoms. The summed E-state index contributed by atoms with van der Waals surface area (Å²) in [6.45, 7) is 3.64. The summed E-state index contributed by atoms with van der Waals surface area (Å²) in [5, 5.41) is 8.83. The van der Waals surface area contributed by atoms with E-state index in [1.54, 1.807) is 6.92 Å². The van der Waals surface area contributed by atoms with Gasteiger partial charge >= 0.3 is 5.97 Å². The summed E-state index contributed by atoms with van der Waals surface area (Å²) in [7, 11) is 0. The molecule has 0 saturated carbocycles. The average molecular weight is 339 g/mol. The molecule has 3 aromatic rings. The van der Waals surface area contributed by atoms with E-state index in [1.807, 2.05) is 61.5 Å². The number of rotatable bonds is 5. The number of carboxylic acids is 1. The molecule has 4 nitrogen and oxygen atoms in total. The molecule has 0 radical (unpaired) electrons. The molecule has 1 heterocycles. The predicted molar refractivity (Wildman–Crippen MR) is 95.1 cm³/mol. The van der Waals surface area contributed by atoms with Gasteiger partial charge in [0.1, 0.15) is 10.9 Å². The Morgan fingerprint density at radius 2 is 1.75 bits per heavy atom. The van der Waals surface area contributed by atoms with Crippen molar-refractivity contribution in [2.45, 2.75) is 24.3 Å². The molecule has 0 aliphatic heterocycles. The summed E-state index contributed by atoms with van der Waals surface area (Å²) in [6, 6.07) is 17.7. The molecule has 3 rings (SSSR count). The van der Waals surface area contributed by atoms with Crippen LogP contribution in [-0.2, 0) is 4.79 Å². The molecule has 1 atom stereocenters. The Labute approximate surface area is 144 Å². The fourth-order valence-corrected chi connectivity index (χ4v) is 2.92. The van der Waals surface area contributed by atoms with Gasteiger partial charge in [-0.05, 0) is 13.8 Å². The molecule has 0 saturated heterocycles. The van der Waals surface area contributed by atoms with Crippen LogP contribution in [0.15, 0.2) is 64.2 Å². The van der Waals surface area contributed by atoms with Crippen molar-refractivity contribution in [1.82, 2.24) is 4.98 Å². The maximum absolute atomic E-state index is 11.1. The van der Waals surface area contributed by atoms with Crippen molar-refractivity contribution >= 4 is 17.7 Å². The number of hydrogen-bond donors (Lipinski definition) is 1.